The van der Waals surface area contributed by atoms with Gasteiger partial charge in [-0.1, -0.05) is 0 Å². The van der Waals surface area contributed by atoms with E-state index in [1.165, 1.54) is 38.7 Å². The van der Waals surface area contributed by atoms with Crippen LogP contribution in [0.2, 0.25) is 0 Å². The third-order valence-electron chi connectivity index (χ3n) is 4.86. The summed E-state index contributed by atoms with van der Waals surface area (Å²) >= 11 is 0. The molecule has 2 heterocycles. The molecule has 0 aliphatic heterocycles. The van der Waals surface area contributed by atoms with Crippen LogP contribution in [0.25, 0.3) is 11.4 Å². The van der Waals surface area contributed by atoms with Crippen molar-refractivity contribution in [3.8, 4) is 23.0 Å². The van der Waals surface area contributed by atoms with Gasteiger partial charge < -0.3 is 19.5 Å². The first-order chi connectivity index (χ1) is 14.4. The average molecular weight is 418 g/mol. The van der Waals surface area contributed by atoms with E-state index in [0.29, 0.717) is 23.7 Å². The number of halogens is 1. The highest BCUT2D eigenvalue weighted by molar-refractivity contribution is 5.73. The Hall–Kier alpha value is -2.81. The Morgan fingerprint density at radius 2 is 1.83 bits per heavy atom. The number of methoxy groups -OCH3 is 1. The normalized spacial score (nSPS) is 19.7. The molecule has 1 aliphatic rings. The van der Waals surface area contributed by atoms with E-state index in [0.717, 1.165) is 25.7 Å². The fraction of sp³-hybridized carbons (Fsp3) is 0.524. The molecule has 0 radical (unpaired) electrons. The molecular formula is C21H27FN4O4. The van der Waals surface area contributed by atoms with Crippen molar-refractivity contribution in [3.63, 3.8) is 0 Å². The first-order valence-electron chi connectivity index (χ1n) is 10.0. The molecule has 3 rings (SSSR count). The van der Waals surface area contributed by atoms with Gasteiger partial charge in [0.25, 0.3) is 5.88 Å². The molecule has 1 N–H and O–H groups in total. The van der Waals surface area contributed by atoms with Crippen molar-refractivity contribution in [2.45, 2.75) is 57.8 Å². The second kappa shape index (κ2) is 10.3. The van der Waals surface area contributed by atoms with Crippen molar-refractivity contribution in [1.82, 2.24) is 20.3 Å². The van der Waals surface area contributed by atoms with Crippen LogP contribution in [-0.2, 0) is 9.53 Å². The number of nitrogens with zero attached hydrogens (tertiary/aromatic N) is 3. The van der Waals surface area contributed by atoms with Gasteiger partial charge in [0, 0.05) is 24.7 Å². The molecule has 1 amide bonds. The molecule has 1 saturated carbocycles. The number of carbonyl (C=O) groups excluding carboxylic acids is 1. The first-order valence-corrected chi connectivity index (χ1v) is 10.0. The van der Waals surface area contributed by atoms with Crippen LogP contribution in [0.15, 0.2) is 24.7 Å². The molecule has 0 saturated heterocycles. The second-order valence-corrected chi connectivity index (χ2v) is 7.41. The van der Waals surface area contributed by atoms with Gasteiger partial charge in [-0.05, 0) is 38.7 Å². The molecule has 0 bridgehead atoms. The summed E-state index contributed by atoms with van der Waals surface area (Å²) < 4.78 is 31.2. The van der Waals surface area contributed by atoms with Crippen molar-refractivity contribution in [3.05, 3.63) is 30.5 Å². The summed E-state index contributed by atoms with van der Waals surface area (Å²) in [7, 11) is 1.53. The van der Waals surface area contributed by atoms with Crippen molar-refractivity contribution in [2.24, 2.45) is 0 Å². The molecule has 1 aliphatic carbocycles. The molecule has 8 nitrogen and oxygen atoms in total. The van der Waals surface area contributed by atoms with Crippen LogP contribution in [0.4, 0.5) is 4.39 Å². The molecule has 0 unspecified atom stereocenters. The van der Waals surface area contributed by atoms with E-state index in [-0.39, 0.29) is 30.0 Å². The number of pyridine rings is 1. The molecular weight excluding hydrogens is 391 g/mol. The topological polar surface area (TPSA) is 95.5 Å². The van der Waals surface area contributed by atoms with E-state index in [9.17, 15) is 9.18 Å². The zero-order valence-electron chi connectivity index (χ0n) is 17.4. The van der Waals surface area contributed by atoms with E-state index in [1.54, 1.807) is 0 Å². The number of aromatic nitrogens is 3. The summed E-state index contributed by atoms with van der Waals surface area (Å²) in [6, 6.07) is 1.30. The van der Waals surface area contributed by atoms with Crippen molar-refractivity contribution >= 4 is 5.91 Å². The first kappa shape index (κ1) is 21.9. The van der Waals surface area contributed by atoms with Crippen LogP contribution in [-0.4, -0.2) is 52.8 Å². The molecule has 162 valence electrons. The highest BCUT2D eigenvalue weighted by atomic mass is 19.1. The van der Waals surface area contributed by atoms with E-state index >= 15 is 0 Å². The van der Waals surface area contributed by atoms with Crippen molar-refractivity contribution < 1.29 is 23.4 Å². The van der Waals surface area contributed by atoms with Crippen LogP contribution >= 0.6 is 0 Å². The fourth-order valence-electron chi connectivity index (χ4n) is 3.35. The lowest BCUT2D eigenvalue weighted by molar-refractivity contribution is -0.120. The Kier molecular flexibility index (Phi) is 7.51. The SMILES string of the molecule is COc1cnc(-c2cnc(OC3CCC(OC[C@H](C)NC(C)=O)CC3)c(F)c2)nc1. The van der Waals surface area contributed by atoms with Crippen LogP contribution < -0.4 is 14.8 Å². The minimum absolute atomic E-state index is 0.0177. The van der Waals surface area contributed by atoms with E-state index in [4.69, 9.17) is 14.2 Å². The molecule has 9 heteroatoms. The summed E-state index contributed by atoms with van der Waals surface area (Å²) in [6.45, 7) is 3.87. The number of carbonyl (C=O) groups is 1. The van der Waals surface area contributed by atoms with E-state index in [1.807, 2.05) is 6.92 Å². The van der Waals surface area contributed by atoms with Gasteiger partial charge in [0.05, 0.1) is 32.2 Å². The monoisotopic (exact) mass is 418 g/mol. The molecule has 2 aromatic heterocycles. The lowest BCUT2D eigenvalue weighted by atomic mass is 9.95. The Balaban J connectivity index is 1.49. The number of ether oxygens (including phenoxy) is 3. The molecule has 30 heavy (non-hydrogen) atoms. The number of amides is 1. The minimum Gasteiger partial charge on any atom is -0.494 e. The Bertz CT molecular complexity index is 841. The van der Waals surface area contributed by atoms with Gasteiger partial charge in [0.15, 0.2) is 17.4 Å². The Morgan fingerprint density at radius 3 is 2.43 bits per heavy atom. The van der Waals surface area contributed by atoms with Crippen molar-refractivity contribution in [1.29, 1.82) is 0 Å². The molecule has 1 atom stereocenters. The van der Waals surface area contributed by atoms with Crippen molar-refractivity contribution in [2.75, 3.05) is 13.7 Å². The predicted octanol–water partition coefficient (Wildman–Crippen LogP) is 2.92. The zero-order valence-corrected chi connectivity index (χ0v) is 17.4. The third kappa shape index (κ3) is 6.09. The third-order valence-corrected chi connectivity index (χ3v) is 4.86. The Morgan fingerprint density at radius 1 is 1.17 bits per heavy atom. The van der Waals surface area contributed by atoms with Crippen LogP contribution in [0.1, 0.15) is 39.5 Å². The number of hydrogen-bond acceptors (Lipinski definition) is 7. The summed E-state index contributed by atoms with van der Waals surface area (Å²) in [5.41, 5.74) is 0.466. The van der Waals surface area contributed by atoms with Gasteiger partial charge in [-0.3, -0.25) is 4.79 Å². The summed E-state index contributed by atoms with van der Waals surface area (Å²) in [6.07, 6.45) is 7.68. The van der Waals surface area contributed by atoms with Gasteiger partial charge >= 0.3 is 0 Å². The summed E-state index contributed by atoms with van der Waals surface area (Å²) in [5.74, 6) is 0.254. The van der Waals surface area contributed by atoms with Gasteiger partial charge in [0.1, 0.15) is 6.10 Å². The van der Waals surface area contributed by atoms with Gasteiger partial charge in [-0.25, -0.2) is 19.3 Å². The average Bonchev–Trinajstić information content (AvgIpc) is 2.74. The quantitative estimate of drug-likeness (QED) is 0.704. The van der Waals surface area contributed by atoms with Crippen LogP contribution in [0, 0.1) is 5.82 Å². The maximum Gasteiger partial charge on any atom is 0.250 e. The summed E-state index contributed by atoms with van der Waals surface area (Å²) in [5, 5.41) is 2.80. The molecule has 1 fully saturated rings. The minimum atomic E-state index is -0.547. The van der Waals surface area contributed by atoms with Gasteiger partial charge in [0.2, 0.25) is 5.91 Å². The van der Waals surface area contributed by atoms with E-state index < -0.39 is 5.82 Å². The van der Waals surface area contributed by atoms with Gasteiger partial charge in [-0.2, -0.15) is 0 Å². The molecule has 2 aromatic rings. The molecule has 0 spiro atoms. The van der Waals surface area contributed by atoms with Gasteiger partial charge in [-0.15, -0.1) is 0 Å². The lowest BCUT2D eigenvalue weighted by Gasteiger charge is -2.29. The highest BCUT2D eigenvalue weighted by Crippen LogP contribution is 2.27. The highest BCUT2D eigenvalue weighted by Gasteiger charge is 2.25. The summed E-state index contributed by atoms with van der Waals surface area (Å²) in [4.78, 5) is 23.4. The lowest BCUT2D eigenvalue weighted by Crippen LogP contribution is -2.37. The van der Waals surface area contributed by atoms with Crippen LogP contribution in [0.5, 0.6) is 11.6 Å². The largest absolute Gasteiger partial charge is 0.494 e. The molecule has 0 aromatic carbocycles. The maximum absolute atomic E-state index is 14.5. The standard InChI is InChI=1S/C21H27FN4O4/c1-13(26-14(2)27)12-29-16-4-6-17(7-5-16)30-21-19(22)8-15(9-25-21)20-23-10-18(28-3)11-24-20/h8-11,13,16-17H,4-7,12H2,1-3H3,(H,26,27)/t13-,16?,17?/m0/s1. The zero-order chi connectivity index (χ0) is 21.5. The fourth-order valence-corrected chi connectivity index (χ4v) is 3.35. The number of hydrogen-bond donors (Lipinski definition) is 1. The number of rotatable bonds is 8. The smallest absolute Gasteiger partial charge is 0.250 e. The van der Waals surface area contributed by atoms with E-state index in [2.05, 4.69) is 20.3 Å². The van der Waals surface area contributed by atoms with Crippen LogP contribution in [0.3, 0.4) is 0 Å². The Labute approximate surface area is 175 Å². The predicted molar refractivity (Wildman–Crippen MR) is 108 cm³/mol. The maximum atomic E-state index is 14.5. The number of nitrogens with one attached hydrogen (secondary N) is 1. The second-order valence-electron chi connectivity index (χ2n) is 7.41.